The van der Waals surface area contributed by atoms with Crippen LogP contribution in [0.5, 0.6) is 17.4 Å². The van der Waals surface area contributed by atoms with Crippen molar-refractivity contribution in [2.45, 2.75) is 0 Å². The summed E-state index contributed by atoms with van der Waals surface area (Å²) in [5, 5.41) is 6.12. The second kappa shape index (κ2) is 9.93. The zero-order valence-corrected chi connectivity index (χ0v) is 16.7. The van der Waals surface area contributed by atoms with E-state index in [4.69, 9.17) is 9.47 Å². The fraction of sp³-hybridized carbons (Fsp3) is 0.0400. The van der Waals surface area contributed by atoms with Gasteiger partial charge in [0.1, 0.15) is 11.5 Å². The normalized spacial score (nSPS) is 10.2. The fourth-order valence-corrected chi connectivity index (χ4v) is 2.80. The Kier molecular flexibility index (Phi) is 6.40. The summed E-state index contributed by atoms with van der Waals surface area (Å²) < 4.78 is 11.2. The third kappa shape index (κ3) is 6.08. The number of benzene rings is 3. The Morgan fingerprint density at radius 1 is 0.710 bits per heavy atom. The zero-order valence-electron chi connectivity index (χ0n) is 16.7. The predicted octanol–water partition coefficient (Wildman–Crippen LogP) is 5.64. The van der Waals surface area contributed by atoms with Crippen LogP contribution in [-0.4, -0.2) is 17.5 Å². The Bertz CT molecular complexity index is 1100. The van der Waals surface area contributed by atoms with Crippen LogP contribution in [0.4, 0.5) is 17.1 Å². The van der Waals surface area contributed by atoms with Crippen LogP contribution >= 0.6 is 0 Å². The Labute approximate surface area is 180 Å². The van der Waals surface area contributed by atoms with Crippen LogP contribution in [0.1, 0.15) is 0 Å². The van der Waals surface area contributed by atoms with Gasteiger partial charge in [-0.25, -0.2) is 4.98 Å². The van der Waals surface area contributed by atoms with Crippen molar-refractivity contribution in [2.24, 2.45) is 0 Å². The van der Waals surface area contributed by atoms with Crippen molar-refractivity contribution in [2.75, 3.05) is 17.2 Å². The topological polar surface area (TPSA) is 72.5 Å². The maximum atomic E-state index is 12.2. The number of para-hydroxylation sites is 1. The largest absolute Gasteiger partial charge is 0.484 e. The van der Waals surface area contributed by atoms with E-state index >= 15 is 0 Å². The molecule has 154 valence electrons. The van der Waals surface area contributed by atoms with Gasteiger partial charge < -0.3 is 20.1 Å². The van der Waals surface area contributed by atoms with Gasteiger partial charge >= 0.3 is 0 Å². The maximum absolute atomic E-state index is 12.2. The van der Waals surface area contributed by atoms with Crippen LogP contribution in [0.2, 0.25) is 0 Å². The maximum Gasteiger partial charge on any atom is 0.262 e. The van der Waals surface area contributed by atoms with Gasteiger partial charge in [0, 0.05) is 29.3 Å². The van der Waals surface area contributed by atoms with E-state index in [9.17, 15) is 4.79 Å². The number of amides is 1. The molecular weight excluding hydrogens is 390 g/mol. The summed E-state index contributed by atoms with van der Waals surface area (Å²) in [5.74, 6) is 1.49. The predicted molar refractivity (Wildman–Crippen MR) is 121 cm³/mol. The van der Waals surface area contributed by atoms with Crippen molar-refractivity contribution in [3.8, 4) is 17.4 Å². The van der Waals surface area contributed by atoms with E-state index in [2.05, 4.69) is 15.6 Å². The number of aromatic nitrogens is 1. The Morgan fingerprint density at radius 3 is 2.06 bits per heavy atom. The highest BCUT2D eigenvalue weighted by Gasteiger charge is 2.05. The minimum Gasteiger partial charge on any atom is -0.484 e. The molecule has 4 aromatic rings. The smallest absolute Gasteiger partial charge is 0.262 e. The third-order valence-corrected chi connectivity index (χ3v) is 4.28. The molecule has 2 N–H and O–H groups in total. The molecule has 0 unspecified atom stereocenters. The van der Waals surface area contributed by atoms with Crippen molar-refractivity contribution >= 4 is 23.0 Å². The van der Waals surface area contributed by atoms with Gasteiger partial charge in [-0.3, -0.25) is 4.79 Å². The van der Waals surface area contributed by atoms with Gasteiger partial charge in [0.05, 0.1) is 0 Å². The first-order chi connectivity index (χ1) is 15.2. The zero-order chi connectivity index (χ0) is 21.3. The molecule has 0 atom stereocenters. The molecule has 0 spiro atoms. The molecule has 1 heterocycles. The van der Waals surface area contributed by atoms with Crippen LogP contribution in [0, 0.1) is 0 Å². The van der Waals surface area contributed by atoms with Crippen molar-refractivity contribution in [1.82, 2.24) is 4.98 Å². The molecular formula is C25H21N3O3. The van der Waals surface area contributed by atoms with E-state index < -0.39 is 0 Å². The summed E-state index contributed by atoms with van der Waals surface area (Å²) in [4.78, 5) is 16.3. The number of anilines is 3. The average Bonchev–Trinajstić information content (AvgIpc) is 2.81. The van der Waals surface area contributed by atoms with Gasteiger partial charge in [-0.2, -0.15) is 0 Å². The lowest BCUT2D eigenvalue weighted by Crippen LogP contribution is -2.20. The Morgan fingerprint density at radius 2 is 1.35 bits per heavy atom. The van der Waals surface area contributed by atoms with E-state index in [1.54, 1.807) is 36.5 Å². The van der Waals surface area contributed by atoms with E-state index in [0.29, 0.717) is 23.1 Å². The molecule has 0 aliphatic heterocycles. The number of ether oxygens (including phenoxy) is 2. The van der Waals surface area contributed by atoms with E-state index in [-0.39, 0.29) is 12.5 Å². The van der Waals surface area contributed by atoms with Crippen molar-refractivity contribution in [1.29, 1.82) is 0 Å². The lowest BCUT2D eigenvalue weighted by molar-refractivity contribution is -0.118. The quantitative estimate of drug-likeness (QED) is 0.393. The fourth-order valence-electron chi connectivity index (χ4n) is 2.80. The Hall–Kier alpha value is -4.32. The number of nitrogens with zero attached hydrogens (tertiary/aromatic N) is 1. The minimum atomic E-state index is -0.238. The van der Waals surface area contributed by atoms with Crippen LogP contribution in [-0.2, 0) is 4.79 Å². The van der Waals surface area contributed by atoms with Gasteiger partial charge in [0.25, 0.3) is 5.91 Å². The molecule has 31 heavy (non-hydrogen) atoms. The summed E-state index contributed by atoms with van der Waals surface area (Å²) in [6.07, 6.45) is 1.67. The molecule has 0 fully saturated rings. The number of rotatable bonds is 8. The van der Waals surface area contributed by atoms with E-state index in [0.717, 1.165) is 11.4 Å². The minimum absolute atomic E-state index is 0.0928. The molecule has 1 amide bonds. The van der Waals surface area contributed by atoms with Crippen LogP contribution < -0.4 is 20.1 Å². The molecule has 0 saturated carbocycles. The van der Waals surface area contributed by atoms with Gasteiger partial charge in [0.15, 0.2) is 6.61 Å². The average molecular weight is 411 g/mol. The second-order valence-electron chi connectivity index (χ2n) is 6.65. The standard InChI is InChI=1S/C25H21N3O3/c29-24(28-21-11-9-20(10-12-21)27-19-6-2-1-3-7-19)18-30-22-13-15-23(16-14-22)31-25-8-4-5-17-26-25/h1-17,27H,18H2,(H,28,29). The molecule has 1 aromatic heterocycles. The van der Waals surface area contributed by atoms with Gasteiger partial charge in [-0.15, -0.1) is 0 Å². The molecule has 0 radical (unpaired) electrons. The number of pyridine rings is 1. The first-order valence-electron chi connectivity index (χ1n) is 9.78. The monoisotopic (exact) mass is 411 g/mol. The number of hydrogen-bond donors (Lipinski definition) is 2. The summed E-state index contributed by atoms with van der Waals surface area (Å²) in [6, 6.07) is 29.9. The molecule has 0 saturated heterocycles. The number of carbonyl (C=O) groups is 1. The first-order valence-corrected chi connectivity index (χ1v) is 9.78. The van der Waals surface area contributed by atoms with Crippen LogP contribution in [0.3, 0.4) is 0 Å². The summed E-state index contributed by atoms with van der Waals surface area (Å²) in [7, 11) is 0. The Balaban J connectivity index is 1.24. The van der Waals surface area contributed by atoms with Crippen LogP contribution in [0.25, 0.3) is 0 Å². The first kappa shape index (κ1) is 20.0. The van der Waals surface area contributed by atoms with Crippen LogP contribution in [0.15, 0.2) is 103 Å². The molecule has 0 bridgehead atoms. The van der Waals surface area contributed by atoms with Gasteiger partial charge in [-0.1, -0.05) is 24.3 Å². The SMILES string of the molecule is O=C(COc1ccc(Oc2ccccn2)cc1)Nc1ccc(Nc2ccccc2)cc1. The number of carbonyl (C=O) groups excluding carboxylic acids is 1. The molecule has 6 heteroatoms. The molecule has 3 aromatic carbocycles. The molecule has 0 aliphatic rings. The summed E-state index contributed by atoms with van der Waals surface area (Å²) in [6.45, 7) is -0.0928. The van der Waals surface area contributed by atoms with E-state index in [1.165, 1.54) is 0 Å². The van der Waals surface area contributed by atoms with Gasteiger partial charge in [-0.05, 0) is 66.7 Å². The highest BCUT2D eigenvalue weighted by atomic mass is 16.5. The summed E-state index contributed by atoms with van der Waals surface area (Å²) >= 11 is 0. The molecule has 0 aliphatic carbocycles. The number of hydrogen-bond acceptors (Lipinski definition) is 5. The van der Waals surface area contributed by atoms with Crippen molar-refractivity contribution in [3.63, 3.8) is 0 Å². The molecule has 4 rings (SSSR count). The highest BCUT2D eigenvalue weighted by molar-refractivity contribution is 5.92. The number of nitrogens with one attached hydrogen (secondary N) is 2. The van der Waals surface area contributed by atoms with E-state index in [1.807, 2.05) is 66.7 Å². The van der Waals surface area contributed by atoms with Crippen molar-refractivity contribution < 1.29 is 14.3 Å². The highest BCUT2D eigenvalue weighted by Crippen LogP contribution is 2.22. The van der Waals surface area contributed by atoms with Crippen molar-refractivity contribution in [3.05, 3.63) is 103 Å². The summed E-state index contributed by atoms with van der Waals surface area (Å²) in [5.41, 5.74) is 2.64. The lowest BCUT2D eigenvalue weighted by Gasteiger charge is -2.10. The van der Waals surface area contributed by atoms with Gasteiger partial charge in [0.2, 0.25) is 5.88 Å². The second-order valence-corrected chi connectivity index (χ2v) is 6.65. The lowest BCUT2D eigenvalue weighted by atomic mass is 10.2. The third-order valence-electron chi connectivity index (χ3n) is 4.28. The molecule has 6 nitrogen and oxygen atoms in total.